The predicted octanol–water partition coefficient (Wildman–Crippen LogP) is 3.22. The number of benzene rings is 2. The van der Waals surface area contributed by atoms with Gasteiger partial charge in [-0.25, -0.2) is 4.39 Å². The number of ether oxygens (including phenoxy) is 2. The minimum atomic E-state index is -0.306. The Kier molecular flexibility index (Phi) is 4.55. The van der Waals surface area contributed by atoms with Crippen molar-refractivity contribution in [3.05, 3.63) is 59.4 Å². The highest BCUT2D eigenvalue weighted by Crippen LogP contribution is 2.28. The fourth-order valence-corrected chi connectivity index (χ4v) is 1.74. The molecule has 2 aromatic carbocycles. The molecule has 0 aliphatic carbocycles. The van der Waals surface area contributed by atoms with Gasteiger partial charge in [0.15, 0.2) is 11.5 Å². The monoisotopic (exact) mass is 275 g/mol. The average molecular weight is 275 g/mol. The van der Waals surface area contributed by atoms with Gasteiger partial charge in [-0.3, -0.25) is 0 Å². The Morgan fingerprint density at radius 2 is 2.05 bits per heavy atom. The summed E-state index contributed by atoms with van der Waals surface area (Å²) in [6.45, 7) is 0.216. The van der Waals surface area contributed by atoms with E-state index < -0.39 is 0 Å². The smallest absolute Gasteiger partial charge is 0.162 e. The zero-order chi connectivity index (χ0) is 14.4. The fraction of sp³-hybridized carbons (Fsp3) is 0.133. The van der Waals surface area contributed by atoms with Gasteiger partial charge in [-0.15, -0.1) is 0 Å². The molecule has 5 heteroatoms. The molecule has 0 saturated carbocycles. The molecule has 20 heavy (non-hydrogen) atoms. The van der Waals surface area contributed by atoms with Crippen LogP contribution in [0.2, 0.25) is 0 Å². The number of hydrogen-bond donors (Lipinski definition) is 1. The topological polar surface area (TPSA) is 51.0 Å². The van der Waals surface area contributed by atoms with E-state index in [0.29, 0.717) is 22.6 Å². The Labute approximate surface area is 116 Å². The first-order chi connectivity index (χ1) is 9.72. The molecule has 0 unspecified atom stereocenters. The van der Waals surface area contributed by atoms with Crippen LogP contribution in [-0.2, 0) is 6.61 Å². The molecule has 0 aliphatic heterocycles. The fourth-order valence-electron chi connectivity index (χ4n) is 1.74. The lowest BCUT2D eigenvalue weighted by Crippen LogP contribution is -1.99. The molecular formula is C15H14FNO3. The van der Waals surface area contributed by atoms with Crippen molar-refractivity contribution in [2.45, 2.75) is 6.61 Å². The SMILES string of the molecule is COc1ccc(/C=N/O)cc1OCc1cccc(F)c1. The van der Waals surface area contributed by atoms with Gasteiger partial charge in [-0.05, 0) is 35.9 Å². The van der Waals surface area contributed by atoms with Crippen LogP contribution in [0.3, 0.4) is 0 Å². The number of halogens is 1. The lowest BCUT2D eigenvalue weighted by Gasteiger charge is -2.11. The molecule has 0 spiro atoms. The van der Waals surface area contributed by atoms with Gasteiger partial charge in [0.2, 0.25) is 0 Å². The first-order valence-corrected chi connectivity index (χ1v) is 5.95. The van der Waals surface area contributed by atoms with E-state index in [1.165, 1.54) is 25.5 Å². The van der Waals surface area contributed by atoms with Crippen molar-refractivity contribution in [3.8, 4) is 11.5 Å². The zero-order valence-electron chi connectivity index (χ0n) is 10.9. The highest BCUT2D eigenvalue weighted by Gasteiger charge is 2.06. The minimum Gasteiger partial charge on any atom is -0.493 e. The van der Waals surface area contributed by atoms with Crippen LogP contribution in [0.4, 0.5) is 4.39 Å². The minimum absolute atomic E-state index is 0.216. The number of hydrogen-bond acceptors (Lipinski definition) is 4. The number of rotatable bonds is 5. The third-order valence-electron chi connectivity index (χ3n) is 2.68. The predicted molar refractivity (Wildman–Crippen MR) is 73.1 cm³/mol. The molecule has 104 valence electrons. The first-order valence-electron chi connectivity index (χ1n) is 5.95. The Bertz CT molecular complexity index is 614. The van der Waals surface area contributed by atoms with E-state index in [1.807, 2.05) is 0 Å². The van der Waals surface area contributed by atoms with Crippen molar-refractivity contribution in [2.75, 3.05) is 7.11 Å². The Morgan fingerprint density at radius 1 is 1.20 bits per heavy atom. The maximum atomic E-state index is 13.1. The summed E-state index contributed by atoms with van der Waals surface area (Å²) in [5.41, 5.74) is 1.39. The van der Waals surface area contributed by atoms with E-state index in [9.17, 15) is 4.39 Å². The molecule has 2 rings (SSSR count). The van der Waals surface area contributed by atoms with Gasteiger partial charge in [0, 0.05) is 5.56 Å². The van der Waals surface area contributed by atoms with E-state index in [2.05, 4.69) is 5.16 Å². The summed E-state index contributed by atoms with van der Waals surface area (Å²) < 4.78 is 23.9. The van der Waals surface area contributed by atoms with Crippen LogP contribution in [0, 0.1) is 5.82 Å². The molecule has 0 heterocycles. The first kappa shape index (κ1) is 13.9. The van der Waals surface area contributed by atoms with E-state index in [-0.39, 0.29) is 12.4 Å². The van der Waals surface area contributed by atoms with Crippen molar-refractivity contribution in [2.24, 2.45) is 5.16 Å². The Morgan fingerprint density at radius 3 is 2.75 bits per heavy atom. The summed E-state index contributed by atoms with van der Waals surface area (Å²) in [6.07, 6.45) is 1.29. The molecule has 0 radical (unpaired) electrons. The molecule has 2 aromatic rings. The van der Waals surface area contributed by atoms with Gasteiger partial charge < -0.3 is 14.7 Å². The van der Waals surface area contributed by atoms with Crippen LogP contribution in [0.1, 0.15) is 11.1 Å². The second-order valence-corrected chi connectivity index (χ2v) is 4.07. The quantitative estimate of drug-likeness (QED) is 0.518. The second kappa shape index (κ2) is 6.56. The van der Waals surface area contributed by atoms with Gasteiger partial charge in [0.1, 0.15) is 12.4 Å². The van der Waals surface area contributed by atoms with Crippen LogP contribution in [0.15, 0.2) is 47.6 Å². The van der Waals surface area contributed by atoms with Gasteiger partial charge in [-0.1, -0.05) is 17.3 Å². The largest absolute Gasteiger partial charge is 0.493 e. The van der Waals surface area contributed by atoms with Gasteiger partial charge in [0.25, 0.3) is 0 Å². The molecule has 0 saturated heterocycles. The van der Waals surface area contributed by atoms with Gasteiger partial charge in [-0.2, -0.15) is 0 Å². The van der Waals surface area contributed by atoms with Crippen LogP contribution >= 0.6 is 0 Å². The normalized spacial score (nSPS) is 10.7. The summed E-state index contributed by atoms with van der Waals surface area (Å²) in [4.78, 5) is 0. The van der Waals surface area contributed by atoms with E-state index in [1.54, 1.807) is 30.3 Å². The molecular weight excluding hydrogens is 261 g/mol. The van der Waals surface area contributed by atoms with Crippen molar-refractivity contribution < 1.29 is 19.1 Å². The summed E-state index contributed by atoms with van der Waals surface area (Å²) in [6, 6.07) is 11.3. The maximum Gasteiger partial charge on any atom is 0.162 e. The molecule has 0 atom stereocenters. The van der Waals surface area contributed by atoms with Gasteiger partial charge >= 0.3 is 0 Å². The highest BCUT2D eigenvalue weighted by molar-refractivity contribution is 5.80. The molecule has 0 fully saturated rings. The number of methoxy groups -OCH3 is 1. The van der Waals surface area contributed by atoms with Gasteiger partial charge in [0.05, 0.1) is 13.3 Å². The van der Waals surface area contributed by atoms with Crippen LogP contribution in [0.25, 0.3) is 0 Å². The molecule has 0 aliphatic rings. The third kappa shape index (κ3) is 3.47. The molecule has 0 bridgehead atoms. The standard InChI is InChI=1S/C15H14FNO3/c1-19-14-6-5-11(9-17-18)8-15(14)20-10-12-3-2-4-13(16)7-12/h2-9,18H,10H2,1H3/b17-9+. The number of oxime groups is 1. The van der Waals surface area contributed by atoms with E-state index in [4.69, 9.17) is 14.7 Å². The number of nitrogens with zero attached hydrogens (tertiary/aromatic N) is 1. The van der Waals surface area contributed by atoms with Crippen molar-refractivity contribution in [1.82, 2.24) is 0 Å². The molecule has 4 nitrogen and oxygen atoms in total. The highest BCUT2D eigenvalue weighted by atomic mass is 19.1. The lowest BCUT2D eigenvalue weighted by atomic mass is 10.2. The van der Waals surface area contributed by atoms with Crippen molar-refractivity contribution in [1.29, 1.82) is 0 Å². The summed E-state index contributed by atoms with van der Waals surface area (Å²) in [7, 11) is 1.53. The van der Waals surface area contributed by atoms with Crippen molar-refractivity contribution >= 4 is 6.21 Å². The van der Waals surface area contributed by atoms with Crippen LogP contribution < -0.4 is 9.47 Å². The van der Waals surface area contributed by atoms with E-state index >= 15 is 0 Å². The molecule has 1 N–H and O–H groups in total. The zero-order valence-corrected chi connectivity index (χ0v) is 10.9. The Balaban J connectivity index is 2.17. The van der Waals surface area contributed by atoms with Crippen LogP contribution in [-0.4, -0.2) is 18.5 Å². The molecule has 0 amide bonds. The summed E-state index contributed by atoms with van der Waals surface area (Å²) in [5, 5.41) is 11.5. The third-order valence-corrected chi connectivity index (χ3v) is 2.68. The Hall–Kier alpha value is -2.56. The summed E-state index contributed by atoms with van der Waals surface area (Å²) >= 11 is 0. The summed E-state index contributed by atoms with van der Waals surface area (Å²) in [5.74, 6) is 0.741. The van der Waals surface area contributed by atoms with Crippen LogP contribution in [0.5, 0.6) is 11.5 Å². The molecule has 0 aromatic heterocycles. The lowest BCUT2D eigenvalue weighted by molar-refractivity contribution is 0.284. The second-order valence-electron chi connectivity index (χ2n) is 4.07. The van der Waals surface area contributed by atoms with Crippen molar-refractivity contribution in [3.63, 3.8) is 0 Å². The van der Waals surface area contributed by atoms with E-state index in [0.717, 1.165) is 0 Å². The maximum absolute atomic E-state index is 13.1. The average Bonchev–Trinajstić information content (AvgIpc) is 2.46.